The Morgan fingerprint density at radius 1 is 0.516 bits per heavy atom. The Morgan fingerprint density at radius 3 is 1.23 bits per heavy atom. The highest BCUT2D eigenvalue weighted by atomic mass is 16.3. The van der Waals surface area contributed by atoms with Crippen molar-refractivity contribution in [2.45, 2.75) is 182 Å². The molecule has 0 aromatic rings. The zero-order valence-corrected chi connectivity index (χ0v) is 22.7. The Labute approximate surface area is 198 Å². The fraction of sp³-hybridized carbons (Fsp3) is 1.00. The summed E-state index contributed by atoms with van der Waals surface area (Å²) in [7, 11) is 0. The van der Waals surface area contributed by atoms with Gasteiger partial charge in [0.05, 0.1) is 6.10 Å². The quantitative estimate of drug-likeness (QED) is 0.157. The predicted molar refractivity (Wildman–Crippen MR) is 142 cm³/mol. The maximum atomic E-state index is 10.2. The smallest absolute Gasteiger partial charge is 0.0540 e. The zero-order valence-electron chi connectivity index (χ0n) is 22.7. The summed E-state index contributed by atoms with van der Waals surface area (Å²) in [6, 6.07) is 0. The van der Waals surface area contributed by atoms with Gasteiger partial charge in [-0.25, -0.2) is 0 Å². The lowest BCUT2D eigenvalue weighted by Crippen LogP contribution is -2.14. The second kappa shape index (κ2) is 21.8. The number of rotatable bonds is 23. The molecule has 0 aliphatic heterocycles. The molecular formula is C30H62O. The van der Waals surface area contributed by atoms with E-state index in [-0.39, 0.29) is 6.10 Å². The maximum Gasteiger partial charge on any atom is 0.0540 e. The SMILES string of the molecule is CCCCCCCCCCCCCCCCCCCCC(O)CCC(C)CC(C)(C)C. The molecule has 0 heterocycles. The van der Waals surface area contributed by atoms with E-state index in [4.69, 9.17) is 0 Å². The summed E-state index contributed by atoms with van der Waals surface area (Å²) in [4.78, 5) is 0. The van der Waals surface area contributed by atoms with Crippen LogP contribution in [0.4, 0.5) is 0 Å². The van der Waals surface area contributed by atoms with Crippen LogP contribution in [0, 0.1) is 11.3 Å². The number of aliphatic hydroxyl groups excluding tert-OH is 1. The highest BCUT2D eigenvalue weighted by molar-refractivity contribution is 4.68. The second-order valence-corrected chi connectivity index (χ2v) is 11.9. The van der Waals surface area contributed by atoms with Gasteiger partial charge >= 0.3 is 0 Å². The van der Waals surface area contributed by atoms with Crippen LogP contribution in [0.1, 0.15) is 176 Å². The van der Waals surface area contributed by atoms with E-state index in [0.717, 1.165) is 18.8 Å². The Balaban J connectivity index is 3.22. The molecule has 31 heavy (non-hydrogen) atoms. The second-order valence-electron chi connectivity index (χ2n) is 11.9. The molecule has 0 aliphatic carbocycles. The minimum Gasteiger partial charge on any atom is -0.393 e. The number of unbranched alkanes of at least 4 members (excludes halogenated alkanes) is 17. The van der Waals surface area contributed by atoms with Crippen LogP contribution in [0.5, 0.6) is 0 Å². The van der Waals surface area contributed by atoms with Crippen molar-refractivity contribution in [2.75, 3.05) is 0 Å². The molecular weight excluding hydrogens is 376 g/mol. The van der Waals surface area contributed by atoms with Gasteiger partial charge in [-0.3, -0.25) is 0 Å². The lowest BCUT2D eigenvalue weighted by atomic mass is 9.83. The molecule has 0 saturated carbocycles. The minimum absolute atomic E-state index is 0.0662. The standard InChI is InChI=1S/C30H62O/c1-6-7-8-9-10-11-12-13-14-15-16-17-18-19-20-21-22-23-24-29(31)26-25-28(2)27-30(3,4)5/h28-29,31H,6-27H2,1-5H3. The summed E-state index contributed by atoms with van der Waals surface area (Å²) in [5, 5.41) is 10.2. The summed E-state index contributed by atoms with van der Waals surface area (Å²) < 4.78 is 0. The van der Waals surface area contributed by atoms with Crippen molar-refractivity contribution < 1.29 is 5.11 Å². The molecule has 0 aromatic carbocycles. The van der Waals surface area contributed by atoms with Gasteiger partial charge in [0.25, 0.3) is 0 Å². The molecule has 0 spiro atoms. The largest absolute Gasteiger partial charge is 0.393 e. The first kappa shape index (κ1) is 31.0. The normalized spacial score (nSPS) is 14.1. The molecule has 1 heteroatoms. The van der Waals surface area contributed by atoms with Gasteiger partial charge in [-0.15, -0.1) is 0 Å². The van der Waals surface area contributed by atoms with Crippen molar-refractivity contribution in [3.05, 3.63) is 0 Å². The summed E-state index contributed by atoms with van der Waals surface area (Å²) in [5.41, 5.74) is 0.414. The molecule has 0 bridgehead atoms. The van der Waals surface area contributed by atoms with E-state index in [1.807, 2.05) is 0 Å². The van der Waals surface area contributed by atoms with Crippen molar-refractivity contribution in [1.82, 2.24) is 0 Å². The first-order valence-corrected chi connectivity index (χ1v) is 14.5. The van der Waals surface area contributed by atoms with Gasteiger partial charge in [0.2, 0.25) is 0 Å². The zero-order chi connectivity index (χ0) is 23.2. The lowest BCUT2D eigenvalue weighted by Gasteiger charge is -2.24. The van der Waals surface area contributed by atoms with Crippen molar-refractivity contribution in [2.24, 2.45) is 11.3 Å². The molecule has 2 atom stereocenters. The molecule has 188 valence electrons. The van der Waals surface area contributed by atoms with Crippen LogP contribution in [-0.2, 0) is 0 Å². The molecule has 0 aromatic heterocycles. The minimum atomic E-state index is -0.0662. The first-order chi connectivity index (χ1) is 14.8. The third-order valence-corrected chi connectivity index (χ3v) is 6.84. The highest BCUT2D eigenvalue weighted by Gasteiger charge is 2.16. The van der Waals surface area contributed by atoms with Gasteiger partial charge in [-0.05, 0) is 37.0 Å². The van der Waals surface area contributed by atoms with E-state index >= 15 is 0 Å². The van der Waals surface area contributed by atoms with Gasteiger partial charge < -0.3 is 5.11 Å². The van der Waals surface area contributed by atoms with E-state index in [9.17, 15) is 5.11 Å². The third kappa shape index (κ3) is 26.1. The summed E-state index contributed by atoms with van der Waals surface area (Å²) in [6.07, 6.45) is 29.9. The van der Waals surface area contributed by atoms with E-state index in [2.05, 4.69) is 34.6 Å². The van der Waals surface area contributed by atoms with E-state index in [1.165, 1.54) is 128 Å². The lowest BCUT2D eigenvalue weighted by molar-refractivity contribution is 0.137. The van der Waals surface area contributed by atoms with Crippen LogP contribution in [0.25, 0.3) is 0 Å². The van der Waals surface area contributed by atoms with Crippen LogP contribution < -0.4 is 0 Å². The third-order valence-electron chi connectivity index (χ3n) is 6.84. The van der Waals surface area contributed by atoms with Gasteiger partial charge in [-0.1, -0.05) is 150 Å². The van der Waals surface area contributed by atoms with Crippen molar-refractivity contribution in [3.8, 4) is 0 Å². The fourth-order valence-corrected chi connectivity index (χ4v) is 5.05. The molecule has 0 amide bonds. The summed E-state index contributed by atoms with van der Waals surface area (Å²) >= 11 is 0. The van der Waals surface area contributed by atoms with Gasteiger partial charge in [-0.2, -0.15) is 0 Å². The average molecular weight is 439 g/mol. The van der Waals surface area contributed by atoms with Crippen LogP contribution in [-0.4, -0.2) is 11.2 Å². The van der Waals surface area contributed by atoms with Crippen molar-refractivity contribution in [3.63, 3.8) is 0 Å². The van der Waals surface area contributed by atoms with Crippen LogP contribution >= 0.6 is 0 Å². The molecule has 2 unspecified atom stereocenters. The van der Waals surface area contributed by atoms with E-state index in [1.54, 1.807) is 0 Å². The molecule has 0 radical (unpaired) electrons. The first-order valence-electron chi connectivity index (χ1n) is 14.5. The number of hydrogen-bond acceptors (Lipinski definition) is 1. The van der Waals surface area contributed by atoms with E-state index < -0.39 is 0 Å². The Kier molecular flexibility index (Phi) is 21.8. The van der Waals surface area contributed by atoms with Crippen molar-refractivity contribution in [1.29, 1.82) is 0 Å². The number of hydrogen-bond donors (Lipinski definition) is 1. The van der Waals surface area contributed by atoms with Crippen LogP contribution in [0.3, 0.4) is 0 Å². The molecule has 0 aliphatic rings. The molecule has 0 saturated heterocycles. The average Bonchev–Trinajstić information content (AvgIpc) is 2.70. The maximum absolute atomic E-state index is 10.2. The highest BCUT2D eigenvalue weighted by Crippen LogP contribution is 2.27. The molecule has 1 nitrogen and oxygen atoms in total. The predicted octanol–water partition coefficient (Wildman–Crippen LogP) is 10.6. The van der Waals surface area contributed by atoms with Crippen molar-refractivity contribution >= 4 is 0 Å². The molecule has 0 rings (SSSR count). The summed E-state index contributed by atoms with van der Waals surface area (Å²) in [5.74, 6) is 0.731. The Hall–Kier alpha value is -0.0400. The topological polar surface area (TPSA) is 20.2 Å². The summed E-state index contributed by atoms with van der Waals surface area (Å²) in [6.45, 7) is 11.6. The van der Waals surface area contributed by atoms with Crippen LogP contribution in [0.15, 0.2) is 0 Å². The molecule has 0 fully saturated rings. The van der Waals surface area contributed by atoms with Crippen LogP contribution in [0.2, 0.25) is 0 Å². The number of aliphatic hydroxyl groups is 1. The monoisotopic (exact) mass is 438 g/mol. The van der Waals surface area contributed by atoms with Gasteiger partial charge in [0.15, 0.2) is 0 Å². The van der Waals surface area contributed by atoms with Gasteiger partial charge in [0.1, 0.15) is 0 Å². The fourth-order valence-electron chi connectivity index (χ4n) is 5.05. The van der Waals surface area contributed by atoms with E-state index in [0.29, 0.717) is 5.41 Å². The Bertz CT molecular complexity index is 343. The molecule has 1 N–H and O–H groups in total. The Morgan fingerprint density at radius 2 is 0.871 bits per heavy atom. The van der Waals surface area contributed by atoms with Gasteiger partial charge in [0, 0.05) is 0 Å².